The molecular weight excluding hydrogens is 252 g/mol. The quantitative estimate of drug-likeness (QED) is 0.497. The minimum atomic E-state index is -1.08. The van der Waals surface area contributed by atoms with E-state index in [-0.39, 0.29) is 25.0 Å². The highest BCUT2D eigenvalue weighted by Gasteiger charge is 2.22. The number of aliphatic carboxylic acids is 1. The van der Waals surface area contributed by atoms with Gasteiger partial charge in [-0.05, 0) is 5.92 Å². The lowest BCUT2D eigenvalue weighted by Crippen LogP contribution is -2.50. The Morgan fingerprint density at radius 2 is 1.63 bits per heavy atom. The molecule has 0 rings (SSSR count). The molecule has 0 unspecified atom stereocenters. The molecule has 0 aromatic rings. The Labute approximate surface area is 112 Å². The molecule has 8 heteroatoms. The van der Waals surface area contributed by atoms with Crippen LogP contribution in [0.4, 0.5) is 9.59 Å². The molecule has 110 valence electrons. The number of amides is 4. The predicted octanol–water partition coefficient (Wildman–Crippen LogP) is -0.334. The van der Waals surface area contributed by atoms with E-state index in [0.717, 1.165) is 0 Å². The van der Waals surface area contributed by atoms with Gasteiger partial charge >= 0.3 is 18.0 Å². The first kappa shape index (κ1) is 17.0. The van der Waals surface area contributed by atoms with Gasteiger partial charge in [-0.25, -0.2) is 14.4 Å². The molecule has 0 aromatic heterocycles. The topological polar surface area (TPSA) is 111 Å². The van der Waals surface area contributed by atoms with Gasteiger partial charge < -0.3 is 26.0 Å². The van der Waals surface area contributed by atoms with Crippen molar-refractivity contribution in [1.29, 1.82) is 0 Å². The van der Waals surface area contributed by atoms with Crippen LogP contribution in [0.5, 0.6) is 0 Å². The smallest absolute Gasteiger partial charge is 0.326 e. The van der Waals surface area contributed by atoms with Crippen LogP contribution in [0.1, 0.15) is 13.8 Å². The molecule has 0 bridgehead atoms. The molecule has 0 aromatic carbocycles. The number of rotatable bonds is 6. The summed E-state index contributed by atoms with van der Waals surface area (Å²) < 4.78 is 0. The van der Waals surface area contributed by atoms with E-state index in [4.69, 9.17) is 5.11 Å². The van der Waals surface area contributed by atoms with Gasteiger partial charge in [0, 0.05) is 27.2 Å². The lowest BCUT2D eigenvalue weighted by molar-refractivity contribution is -0.140. The van der Waals surface area contributed by atoms with Gasteiger partial charge in [-0.15, -0.1) is 0 Å². The third-order valence-electron chi connectivity index (χ3n) is 2.31. The molecule has 0 saturated heterocycles. The first-order chi connectivity index (χ1) is 8.75. The summed E-state index contributed by atoms with van der Waals surface area (Å²) in [4.78, 5) is 34.8. The third-order valence-corrected chi connectivity index (χ3v) is 2.31. The Morgan fingerprint density at radius 3 is 2.05 bits per heavy atom. The molecule has 0 radical (unpaired) electrons. The zero-order valence-corrected chi connectivity index (χ0v) is 11.7. The van der Waals surface area contributed by atoms with E-state index in [1.165, 1.54) is 4.90 Å². The molecule has 0 aliphatic heterocycles. The fourth-order valence-corrected chi connectivity index (χ4v) is 1.21. The molecule has 4 amide bonds. The Bertz CT molecular complexity index is 331. The molecular formula is C11H22N4O4. The third kappa shape index (κ3) is 7.12. The van der Waals surface area contributed by atoms with Crippen molar-refractivity contribution in [2.24, 2.45) is 5.92 Å². The van der Waals surface area contributed by atoms with Crippen molar-refractivity contribution in [2.45, 2.75) is 19.9 Å². The van der Waals surface area contributed by atoms with Crippen molar-refractivity contribution in [3.63, 3.8) is 0 Å². The molecule has 1 atom stereocenters. The Balaban J connectivity index is 3.93. The summed E-state index contributed by atoms with van der Waals surface area (Å²) in [5.41, 5.74) is 0. The highest BCUT2D eigenvalue weighted by Crippen LogP contribution is 2.00. The summed E-state index contributed by atoms with van der Waals surface area (Å²) >= 11 is 0. The van der Waals surface area contributed by atoms with Crippen LogP contribution in [-0.4, -0.2) is 61.3 Å². The van der Waals surface area contributed by atoms with E-state index in [9.17, 15) is 14.4 Å². The van der Waals surface area contributed by atoms with Crippen LogP contribution in [0, 0.1) is 5.92 Å². The van der Waals surface area contributed by atoms with Gasteiger partial charge in [-0.2, -0.15) is 0 Å². The molecule has 0 fully saturated rings. The van der Waals surface area contributed by atoms with Crippen molar-refractivity contribution in [3.05, 3.63) is 0 Å². The Morgan fingerprint density at radius 1 is 1.11 bits per heavy atom. The van der Waals surface area contributed by atoms with Crippen molar-refractivity contribution >= 4 is 18.0 Å². The van der Waals surface area contributed by atoms with Gasteiger partial charge in [-0.1, -0.05) is 13.8 Å². The lowest BCUT2D eigenvalue weighted by Gasteiger charge is -2.18. The second kappa shape index (κ2) is 8.17. The number of hydrogen-bond donors (Lipinski definition) is 4. The van der Waals surface area contributed by atoms with Gasteiger partial charge in [0.05, 0.1) is 0 Å². The molecule has 0 aliphatic carbocycles. The number of carboxylic acids is 1. The number of carboxylic acid groups (broad SMARTS) is 1. The molecule has 4 N–H and O–H groups in total. The molecule has 0 spiro atoms. The Kier molecular flexibility index (Phi) is 7.32. The maximum absolute atomic E-state index is 11.4. The van der Waals surface area contributed by atoms with Crippen LogP contribution < -0.4 is 16.0 Å². The van der Waals surface area contributed by atoms with Crippen molar-refractivity contribution in [3.8, 4) is 0 Å². The zero-order chi connectivity index (χ0) is 15.0. The standard InChI is InChI=1S/C11H22N4O4/c1-7(2)8(9(16)17)14-10(18)12-5-6-13-11(19)15(3)4/h7-8H,5-6H2,1-4H3,(H,13,19)(H,16,17)(H2,12,14,18)/t8-/m1/s1. The fourth-order valence-electron chi connectivity index (χ4n) is 1.21. The fraction of sp³-hybridized carbons (Fsp3) is 0.727. The Hall–Kier alpha value is -1.99. The van der Waals surface area contributed by atoms with Crippen LogP contribution in [0.15, 0.2) is 0 Å². The van der Waals surface area contributed by atoms with E-state index in [1.807, 2.05) is 0 Å². The van der Waals surface area contributed by atoms with E-state index in [0.29, 0.717) is 0 Å². The van der Waals surface area contributed by atoms with Crippen molar-refractivity contribution in [1.82, 2.24) is 20.9 Å². The SMILES string of the molecule is CC(C)[C@@H](NC(=O)NCCNC(=O)N(C)C)C(=O)O. The summed E-state index contributed by atoms with van der Waals surface area (Å²) in [7, 11) is 3.21. The van der Waals surface area contributed by atoms with Crippen LogP contribution >= 0.6 is 0 Å². The number of urea groups is 2. The van der Waals surface area contributed by atoms with Gasteiger partial charge in [0.1, 0.15) is 6.04 Å². The molecule has 0 saturated carbocycles. The van der Waals surface area contributed by atoms with Gasteiger partial charge in [0.15, 0.2) is 0 Å². The normalized spacial score (nSPS) is 11.6. The van der Waals surface area contributed by atoms with E-state index < -0.39 is 18.0 Å². The van der Waals surface area contributed by atoms with Crippen molar-refractivity contribution in [2.75, 3.05) is 27.2 Å². The van der Waals surface area contributed by atoms with Crippen molar-refractivity contribution < 1.29 is 19.5 Å². The van der Waals surface area contributed by atoms with Gasteiger partial charge in [0.2, 0.25) is 0 Å². The number of hydrogen-bond acceptors (Lipinski definition) is 3. The lowest BCUT2D eigenvalue weighted by atomic mass is 10.1. The number of nitrogens with zero attached hydrogens (tertiary/aromatic N) is 1. The number of carbonyl (C=O) groups excluding carboxylic acids is 2. The second-order valence-corrected chi connectivity index (χ2v) is 4.59. The van der Waals surface area contributed by atoms with Crippen LogP contribution in [0.3, 0.4) is 0 Å². The second-order valence-electron chi connectivity index (χ2n) is 4.59. The monoisotopic (exact) mass is 274 g/mol. The molecule has 19 heavy (non-hydrogen) atoms. The first-order valence-corrected chi connectivity index (χ1v) is 5.98. The van der Waals surface area contributed by atoms with Crippen LogP contribution in [0.25, 0.3) is 0 Å². The van der Waals surface area contributed by atoms with Gasteiger partial charge in [-0.3, -0.25) is 0 Å². The zero-order valence-electron chi connectivity index (χ0n) is 11.7. The average molecular weight is 274 g/mol. The predicted molar refractivity (Wildman–Crippen MR) is 69.9 cm³/mol. The largest absolute Gasteiger partial charge is 0.480 e. The molecule has 0 aliphatic rings. The highest BCUT2D eigenvalue weighted by molar-refractivity contribution is 5.82. The summed E-state index contributed by atoms with van der Waals surface area (Å²) in [6.07, 6.45) is 0. The summed E-state index contributed by atoms with van der Waals surface area (Å²) in [5.74, 6) is -1.29. The van der Waals surface area contributed by atoms with Gasteiger partial charge in [0.25, 0.3) is 0 Å². The summed E-state index contributed by atoms with van der Waals surface area (Å²) in [5, 5.41) is 16.3. The number of carbonyl (C=O) groups is 3. The van der Waals surface area contributed by atoms with E-state index >= 15 is 0 Å². The maximum Gasteiger partial charge on any atom is 0.326 e. The number of nitrogens with one attached hydrogen (secondary N) is 3. The van der Waals surface area contributed by atoms with E-state index in [1.54, 1.807) is 27.9 Å². The summed E-state index contributed by atoms with van der Waals surface area (Å²) in [6.45, 7) is 3.90. The van der Waals surface area contributed by atoms with Crippen LogP contribution in [-0.2, 0) is 4.79 Å². The molecule has 8 nitrogen and oxygen atoms in total. The maximum atomic E-state index is 11.4. The minimum Gasteiger partial charge on any atom is -0.480 e. The molecule has 0 heterocycles. The van der Waals surface area contributed by atoms with Crippen LogP contribution in [0.2, 0.25) is 0 Å². The average Bonchev–Trinajstić information content (AvgIpc) is 2.30. The minimum absolute atomic E-state index is 0.211. The highest BCUT2D eigenvalue weighted by atomic mass is 16.4. The van der Waals surface area contributed by atoms with E-state index in [2.05, 4.69) is 16.0 Å². The summed E-state index contributed by atoms with van der Waals surface area (Å²) in [6, 6.07) is -1.76. The first-order valence-electron chi connectivity index (χ1n) is 5.98.